The first-order valence-electron chi connectivity index (χ1n) is 4.73. The molecule has 1 aromatic rings. The Hall–Kier alpha value is -0.570. The predicted molar refractivity (Wildman–Crippen MR) is 55.4 cm³/mol. The Balaban J connectivity index is 1.82. The van der Waals surface area contributed by atoms with E-state index in [0.717, 1.165) is 17.2 Å². The number of rotatable bonds is 4. The van der Waals surface area contributed by atoms with Crippen molar-refractivity contribution in [3.05, 3.63) is 34.9 Å². The van der Waals surface area contributed by atoms with Gasteiger partial charge in [-0.25, -0.2) is 0 Å². The zero-order valence-electron chi connectivity index (χ0n) is 8.07. The van der Waals surface area contributed by atoms with Crippen molar-refractivity contribution in [3.8, 4) is 0 Å². The fourth-order valence-corrected chi connectivity index (χ4v) is 1.37. The van der Waals surface area contributed by atoms with E-state index in [2.05, 4.69) is 0 Å². The Labute approximate surface area is 88.8 Å². The topological polar surface area (TPSA) is 21.8 Å². The molecule has 14 heavy (non-hydrogen) atoms. The Bertz CT molecular complexity index is 293. The number of hydrogen-bond donors (Lipinski definition) is 0. The number of halogens is 1. The molecule has 0 unspecified atom stereocenters. The lowest BCUT2D eigenvalue weighted by atomic mass is 10.2. The van der Waals surface area contributed by atoms with E-state index in [9.17, 15) is 0 Å². The molecule has 1 aromatic carbocycles. The second kappa shape index (κ2) is 4.30. The van der Waals surface area contributed by atoms with Gasteiger partial charge < -0.3 is 9.47 Å². The molecule has 1 saturated heterocycles. The molecule has 0 spiro atoms. The zero-order valence-corrected chi connectivity index (χ0v) is 8.83. The lowest BCUT2D eigenvalue weighted by molar-refractivity contribution is 0.0340. The second-order valence-electron chi connectivity index (χ2n) is 3.51. The largest absolute Gasteiger partial charge is 0.371 e. The second-order valence-corrected chi connectivity index (χ2v) is 3.95. The number of ether oxygens (including phenoxy) is 2. The fourth-order valence-electron chi connectivity index (χ4n) is 1.24. The molecule has 0 N–H and O–H groups in total. The van der Waals surface area contributed by atoms with Crippen LogP contribution in [-0.2, 0) is 16.1 Å². The smallest absolute Gasteiger partial charge is 0.107 e. The Morgan fingerprint density at radius 3 is 2.71 bits per heavy atom. The predicted octanol–water partition coefficient (Wildman–Crippen LogP) is 2.64. The van der Waals surface area contributed by atoms with Crippen LogP contribution in [0.15, 0.2) is 24.3 Å². The van der Waals surface area contributed by atoms with Gasteiger partial charge in [0.05, 0.1) is 19.3 Å². The monoisotopic (exact) mass is 212 g/mol. The average Bonchev–Trinajstić information content (AvgIpc) is 3.00. The summed E-state index contributed by atoms with van der Waals surface area (Å²) in [6.07, 6.45) is 0.493. The SMILES string of the molecule is C[C@H](OCc1ccc(Cl)cc1)[C@H]1CO1. The van der Waals surface area contributed by atoms with Gasteiger partial charge in [-0.2, -0.15) is 0 Å². The summed E-state index contributed by atoms with van der Waals surface area (Å²) in [5.41, 5.74) is 1.14. The molecule has 2 nitrogen and oxygen atoms in total. The van der Waals surface area contributed by atoms with Crippen LogP contribution in [0.3, 0.4) is 0 Å². The molecule has 76 valence electrons. The molecular formula is C11H13ClO2. The third-order valence-electron chi connectivity index (χ3n) is 2.31. The summed E-state index contributed by atoms with van der Waals surface area (Å²) in [6, 6.07) is 7.70. The van der Waals surface area contributed by atoms with Crippen LogP contribution in [0.2, 0.25) is 5.02 Å². The van der Waals surface area contributed by atoms with Gasteiger partial charge in [0.15, 0.2) is 0 Å². The van der Waals surface area contributed by atoms with Gasteiger partial charge in [-0.15, -0.1) is 0 Å². The molecule has 1 aliphatic heterocycles. The maximum absolute atomic E-state index is 5.77. The molecule has 1 fully saturated rings. The molecule has 0 radical (unpaired) electrons. The third kappa shape index (κ3) is 2.71. The van der Waals surface area contributed by atoms with Gasteiger partial charge in [-0.3, -0.25) is 0 Å². The van der Waals surface area contributed by atoms with Crippen LogP contribution in [0.25, 0.3) is 0 Å². The van der Waals surface area contributed by atoms with Crippen LogP contribution < -0.4 is 0 Å². The molecule has 1 aliphatic rings. The highest BCUT2D eigenvalue weighted by molar-refractivity contribution is 6.30. The fraction of sp³-hybridized carbons (Fsp3) is 0.455. The Morgan fingerprint density at radius 2 is 2.14 bits per heavy atom. The van der Waals surface area contributed by atoms with Crippen LogP contribution in [0.5, 0.6) is 0 Å². The van der Waals surface area contributed by atoms with Gasteiger partial charge in [0.2, 0.25) is 0 Å². The molecule has 0 amide bonds. The van der Waals surface area contributed by atoms with E-state index in [1.807, 2.05) is 31.2 Å². The molecule has 1 heterocycles. The van der Waals surface area contributed by atoms with Gasteiger partial charge in [0.1, 0.15) is 6.10 Å². The third-order valence-corrected chi connectivity index (χ3v) is 2.56. The summed E-state index contributed by atoms with van der Waals surface area (Å²) in [7, 11) is 0. The first-order chi connectivity index (χ1) is 6.75. The van der Waals surface area contributed by atoms with Gasteiger partial charge >= 0.3 is 0 Å². The summed E-state index contributed by atoms with van der Waals surface area (Å²) in [5.74, 6) is 0. The van der Waals surface area contributed by atoms with Gasteiger partial charge in [-0.05, 0) is 24.6 Å². The minimum Gasteiger partial charge on any atom is -0.371 e. The Morgan fingerprint density at radius 1 is 1.50 bits per heavy atom. The van der Waals surface area contributed by atoms with E-state index in [-0.39, 0.29) is 6.10 Å². The van der Waals surface area contributed by atoms with Crippen LogP contribution in [-0.4, -0.2) is 18.8 Å². The molecule has 3 heteroatoms. The number of epoxide rings is 1. The van der Waals surface area contributed by atoms with Crippen LogP contribution in [0.1, 0.15) is 12.5 Å². The van der Waals surface area contributed by atoms with E-state index in [1.54, 1.807) is 0 Å². The van der Waals surface area contributed by atoms with E-state index in [1.165, 1.54) is 0 Å². The van der Waals surface area contributed by atoms with Gasteiger partial charge in [-0.1, -0.05) is 23.7 Å². The normalized spacial score (nSPS) is 22.0. The van der Waals surface area contributed by atoms with E-state index < -0.39 is 0 Å². The summed E-state index contributed by atoms with van der Waals surface area (Å²) >= 11 is 5.77. The average molecular weight is 213 g/mol. The van der Waals surface area contributed by atoms with Crippen LogP contribution in [0.4, 0.5) is 0 Å². The molecule has 2 rings (SSSR count). The maximum atomic E-state index is 5.77. The summed E-state index contributed by atoms with van der Waals surface area (Å²) in [4.78, 5) is 0. The quantitative estimate of drug-likeness (QED) is 0.716. The highest BCUT2D eigenvalue weighted by Gasteiger charge is 2.29. The van der Waals surface area contributed by atoms with Crippen molar-refractivity contribution in [1.82, 2.24) is 0 Å². The van der Waals surface area contributed by atoms with Gasteiger partial charge in [0, 0.05) is 5.02 Å². The summed E-state index contributed by atoms with van der Waals surface area (Å²) < 4.78 is 10.8. The van der Waals surface area contributed by atoms with Crippen molar-refractivity contribution >= 4 is 11.6 Å². The first kappa shape index (κ1) is 9.97. The van der Waals surface area contributed by atoms with Crippen molar-refractivity contribution < 1.29 is 9.47 Å². The first-order valence-corrected chi connectivity index (χ1v) is 5.11. The van der Waals surface area contributed by atoms with Gasteiger partial charge in [0.25, 0.3) is 0 Å². The van der Waals surface area contributed by atoms with Crippen molar-refractivity contribution in [1.29, 1.82) is 0 Å². The highest BCUT2D eigenvalue weighted by atomic mass is 35.5. The van der Waals surface area contributed by atoms with Crippen molar-refractivity contribution in [2.24, 2.45) is 0 Å². The Kier molecular flexibility index (Phi) is 3.06. The lowest BCUT2D eigenvalue weighted by Gasteiger charge is -2.09. The summed E-state index contributed by atoms with van der Waals surface area (Å²) in [5, 5.41) is 0.757. The molecule has 0 aliphatic carbocycles. The van der Waals surface area contributed by atoms with Crippen LogP contribution in [0, 0.1) is 0 Å². The maximum Gasteiger partial charge on any atom is 0.107 e. The summed E-state index contributed by atoms with van der Waals surface area (Å²) in [6.45, 7) is 3.49. The number of hydrogen-bond acceptors (Lipinski definition) is 2. The number of benzene rings is 1. The standard InChI is InChI=1S/C11H13ClO2/c1-8(11-7-14-11)13-6-9-2-4-10(12)5-3-9/h2-5,8,11H,6-7H2,1H3/t8-,11+/m0/s1. The minimum atomic E-state index is 0.186. The molecule has 0 aromatic heterocycles. The van der Waals surface area contributed by atoms with E-state index in [0.29, 0.717) is 12.7 Å². The zero-order chi connectivity index (χ0) is 9.97. The molecule has 0 saturated carbocycles. The highest BCUT2D eigenvalue weighted by Crippen LogP contribution is 2.18. The van der Waals surface area contributed by atoms with Crippen molar-refractivity contribution in [3.63, 3.8) is 0 Å². The molecular weight excluding hydrogens is 200 g/mol. The minimum absolute atomic E-state index is 0.186. The van der Waals surface area contributed by atoms with E-state index >= 15 is 0 Å². The molecule has 0 bridgehead atoms. The lowest BCUT2D eigenvalue weighted by Crippen LogP contribution is -2.14. The van der Waals surface area contributed by atoms with Crippen LogP contribution >= 0.6 is 11.6 Å². The van der Waals surface area contributed by atoms with E-state index in [4.69, 9.17) is 21.1 Å². The van der Waals surface area contributed by atoms with Crippen molar-refractivity contribution in [2.75, 3.05) is 6.61 Å². The van der Waals surface area contributed by atoms with Crippen molar-refractivity contribution in [2.45, 2.75) is 25.7 Å². The molecule has 2 atom stereocenters.